The summed E-state index contributed by atoms with van der Waals surface area (Å²) in [6.45, 7) is 5.80. The Morgan fingerprint density at radius 3 is 2.69 bits per heavy atom. The summed E-state index contributed by atoms with van der Waals surface area (Å²) in [5.41, 5.74) is 0.815. The second-order valence-electron chi connectivity index (χ2n) is 9.60. The number of nitro groups is 1. The molecule has 192 valence electrons. The number of aliphatic hydroxyl groups excluding tert-OH is 3. The molecule has 2 aliphatic heterocycles. The monoisotopic (exact) mass is 492 g/mol. The smallest absolute Gasteiger partial charge is 0.343 e. The molecule has 4 rings (SSSR count). The fourth-order valence-electron chi connectivity index (χ4n) is 4.56. The first-order valence-corrected chi connectivity index (χ1v) is 11.7. The quantitative estimate of drug-likeness (QED) is 0.266. The van der Waals surface area contributed by atoms with Gasteiger partial charge in [0.05, 0.1) is 50.4 Å². The number of aromatic nitrogens is 3. The van der Waals surface area contributed by atoms with Gasteiger partial charge in [0.1, 0.15) is 12.3 Å². The number of nitrogens with zero attached hydrogens (tertiary/aromatic N) is 4. The predicted molar refractivity (Wildman–Crippen MR) is 123 cm³/mol. The summed E-state index contributed by atoms with van der Waals surface area (Å²) < 4.78 is 18.5. The van der Waals surface area contributed by atoms with E-state index in [4.69, 9.17) is 13.9 Å². The molecule has 0 bridgehead atoms. The zero-order chi connectivity index (χ0) is 25.4. The van der Waals surface area contributed by atoms with Crippen molar-refractivity contribution in [1.29, 1.82) is 0 Å². The average molecular weight is 493 g/mol. The molecule has 12 nitrogen and oxygen atoms in total. The van der Waals surface area contributed by atoms with Crippen molar-refractivity contribution in [1.82, 2.24) is 14.5 Å². The zero-order valence-corrected chi connectivity index (χ0v) is 20.1. The van der Waals surface area contributed by atoms with Crippen molar-refractivity contribution < 1.29 is 34.1 Å². The molecule has 2 aromatic rings. The minimum Gasteiger partial charge on any atom is -0.431 e. The van der Waals surface area contributed by atoms with Gasteiger partial charge in [-0.15, -0.1) is 0 Å². The van der Waals surface area contributed by atoms with Gasteiger partial charge in [0.25, 0.3) is 5.82 Å². The van der Waals surface area contributed by atoms with Crippen molar-refractivity contribution in [2.24, 2.45) is 18.9 Å². The van der Waals surface area contributed by atoms with Gasteiger partial charge in [-0.05, 0) is 37.7 Å². The minimum atomic E-state index is -1.06. The van der Waals surface area contributed by atoms with Crippen LogP contribution in [0, 0.1) is 22.0 Å². The molecule has 2 saturated heterocycles. The van der Waals surface area contributed by atoms with E-state index in [9.17, 15) is 25.4 Å². The number of rotatable bonds is 9. The Balaban J connectivity index is 1.33. The molecule has 0 radical (unpaired) electrons. The molecule has 2 fully saturated rings. The van der Waals surface area contributed by atoms with Crippen LogP contribution in [0.5, 0.6) is 0 Å². The molecule has 0 amide bonds. The molecule has 4 heterocycles. The minimum absolute atomic E-state index is 0.00959. The molecular weight excluding hydrogens is 460 g/mol. The lowest BCUT2D eigenvalue weighted by Gasteiger charge is -2.38. The molecule has 3 N–H and O–H groups in total. The Morgan fingerprint density at radius 2 is 2.03 bits per heavy atom. The first-order valence-electron chi connectivity index (χ1n) is 11.7. The highest BCUT2D eigenvalue weighted by atomic mass is 16.6. The number of ether oxygens (including phenoxy) is 2. The van der Waals surface area contributed by atoms with Crippen LogP contribution in [-0.4, -0.2) is 78.0 Å². The van der Waals surface area contributed by atoms with Crippen LogP contribution in [0.1, 0.15) is 39.5 Å². The summed E-state index contributed by atoms with van der Waals surface area (Å²) in [7, 11) is 1.52. The largest absolute Gasteiger partial charge is 0.431 e. The summed E-state index contributed by atoms with van der Waals surface area (Å²) in [5, 5.41) is 42.1. The molecule has 2 aliphatic rings. The molecule has 0 aromatic carbocycles. The fraction of sp³-hybridized carbons (Fsp3) is 0.652. The van der Waals surface area contributed by atoms with Crippen LogP contribution in [0.25, 0.3) is 17.7 Å². The Labute approximate surface area is 202 Å². The van der Waals surface area contributed by atoms with Gasteiger partial charge in [-0.25, -0.2) is 14.5 Å². The Kier molecular flexibility index (Phi) is 7.38. The third-order valence-corrected chi connectivity index (χ3v) is 6.96. The van der Waals surface area contributed by atoms with Crippen molar-refractivity contribution in [2.75, 3.05) is 6.61 Å². The van der Waals surface area contributed by atoms with Gasteiger partial charge in [-0.3, -0.25) is 0 Å². The molecule has 0 spiro atoms. The van der Waals surface area contributed by atoms with E-state index in [0.717, 1.165) is 11.8 Å². The lowest BCUT2D eigenvalue weighted by Crippen LogP contribution is -2.50. The van der Waals surface area contributed by atoms with Gasteiger partial charge in [0.2, 0.25) is 11.7 Å². The van der Waals surface area contributed by atoms with Crippen LogP contribution in [0.4, 0.5) is 5.82 Å². The van der Waals surface area contributed by atoms with Gasteiger partial charge < -0.3 is 39.3 Å². The summed E-state index contributed by atoms with van der Waals surface area (Å²) in [5.74, 6) is 0.458. The normalized spacial score (nSPS) is 30.8. The summed E-state index contributed by atoms with van der Waals surface area (Å²) in [4.78, 5) is 18.7. The third-order valence-electron chi connectivity index (χ3n) is 6.96. The van der Waals surface area contributed by atoms with E-state index in [0.29, 0.717) is 19.4 Å². The molecule has 0 saturated carbocycles. The second kappa shape index (κ2) is 10.2. The van der Waals surface area contributed by atoms with E-state index >= 15 is 0 Å². The van der Waals surface area contributed by atoms with Crippen LogP contribution < -0.4 is 0 Å². The SMILES string of the molecule is C/C(=C\c1ncc(-c2ncc([N+](=O)[O-])n2C)o1)C[C@@H]1OC[C@H](C[C@@H]2O[C@H]2[C@@H](C)[C@H](C)O)[C@@H](O)[C@H]1O. The van der Waals surface area contributed by atoms with E-state index in [1.165, 1.54) is 17.8 Å². The third kappa shape index (κ3) is 5.46. The maximum absolute atomic E-state index is 11.0. The molecule has 8 atom stereocenters. The fourth-order valence-corrected chi connectivity index (χ4v) is 4.56. The molecule has 0 unspecified atom stereocenters. The van der Waals surface area contributed by atoms with Crippen molar-refractivity contribution in [2.45, 2.75) is 70.2 Å². The highest BCUT2D eigenvalue weighted by molar-refractivity contribution is 5.52. The standard InChI is InChI=1S/C23H32N4O8/c1-11(6-18-24-8-17(34-18)23-25-9-19(26(23)4)27(31)32)5-15-21(30)20(29)14(10-33-15)7-16-22(35-16)12(2)13(3)28/h6,8-9,12-16,20-22,28-30H,5,7,10H2,1-4H3/b11-6+/t12-,13-,14-,15-,16-,20+,21-,22-/m0/s1. The maximum Gasteiger partial charge on any atom is 0.343 e. The van der Waals surface area contributed by atoms with Crippen LogP contribution in [0.2, 0.25) is 0 Å². The molecule has 0 aliphatic carbocycles. The van der Waals surface area contributed by atoms with Gasteiger partial charge in [-0.1, -0.05) is 12.5 Å². The van der Waals surface area contributed by atoms with E-state index in [1.807, 2.05) is 13.8 Å². The van der Waals surface area contributed by atoms with Crippen LogP contribution >= 0.6 is 0 Å². The summed E-state index contributed by atoms with van der Waals surface area (Å²) >= 11 is 0. The zero-order valence-electron chi connectivity index (χ0n) is 20.1. The number of hydrogen-bond donors (Lipinski definition) is 3. The summed E-state index contributed by atoms with van der Waals surface area (Å²) in [6.07, 6.45) is 2.06. The number of imidazole rings is 1. The number of hydrogen-bond acceptors (Lipinski definition) is 10. The van der Waals surface area contributed by atoms with Crippen molar-refractivity contribution in [3.63, 3.8) is 0 Å². The highest BCUT2D eigenvalue weighted by Gasteiger charge is 2.48. The van der Waals surface area contributed by atoms with Gasteiger partial charge in [0, 0.05) is 11.8 Å². The lowest BCUT2D eigenvalue weighted by atomic mass is 9.85. The van der Waals surface area contributed by atoms with Gasteiger partial charge >= 0.3 is 5.82 Å². The Bertz CT molecular complexity index is 1080. The Hall–Kier alpha value is -2.64. The Morgan fingerprint density at radius 1 is 1.29 bits per heavy atom. The molecule has 12 heteroatoms. The van der Waals surface area contributed by atoms with E-state index in [2.05, 4.69) is 9.97 Å². The van der Waals surface area contributed by atoms with E-state index in [1.54, 1.807) is 13.0 Å². The average Bonchev–Trinajstić information content (AvgIpc) is 3.21. The van der Waals surface area contributed by atoms with Crippen LogP contribution in [-0.2, 0) is 16.5 Å². The van der Waals surface area contributed by atoms with Crippen molar-refractivity contribution >= 4 is 11.9 Å². The lowest BCUT2D eigenvalue weighted by molar-refractivity contribution is -0.391. The first kappa shape index (κ1) is 25.5. The summed E-state index contributed by atoms with van der Waals surface area (Å²) in [6, 6.07) is 0. The van der Waals surface area contributed by atoms with E-state index < -0.39 is 29.3 Å². The maximum atomic E-state index is 11.0. The molecule has 2 aromatic heterocycles. The van der Waals surface area contributed by atoms with Crippen LogP contribution in [0.15, 0.2) is 22.4 Å². The molecular formula is C23H32N4O8. The van der Waals surface area contributed by atoms with E-state index in [-0.39, 0.29) is 47.3 Å². The number of oxazole rings is 1. The topological polar surface area (TPSA) is 169 Å². The van der Waals surface area contributed by atoms with Crippen LogP contribution in [0.3, 0.4) is 0 Å². The predicted octanol–water partition coefficient (Wildman–Crippen LogP) is 1.69. The second-order valence-corrected chi connectivity index (χ2v) is 9.60. The highest BCUT2D eigenvalue weighted by Crippen LogP contribution is 2.38. The first-order chi connectivity index (χ1) is 16.6. The van der Waals surface area contributed by atoms with Crippen molar-refractivity contribution in [3.8, 4) is 11.6 Å². The number of aliphatic hydroxyl groups is 3. The van der Waals surface area contributed by atoms with Gasteiger partial charge in [-0.2, -0.15) is 0 Å². The van der Waals surface area contributed by atoms with Gasteiger partial charge in [0.15, 0.2) is 0 Å². The van der Waals surface area contributed by atoms with Crippen molar-refractivity contribution in [3.05, 3.63) is 34.0 Å². The number of epoxide rings is 1. The molecule has 35 heavy (non-hydrogen) atoms.